The quantitative estimate of drug-likeness (QED) is 0.365. The summed E-state index contributed by atoms with van der Waals surface area (Å²) < 4.78 is 0. The molecule has 130 valence electrons. The number of nitrogens with one attached hydrogen (secondary N) is 1. The van der Waals surface area contributed by atoms with Crippen molar-refractivity contribution in [2.75, 3.05) is 0 Å². The van der Waals surface area contributed by atoms with Gasteiger partial charge in [0, 0.05) is 23.0 Å². The molecule has 2 heterocycles. The van der Waals surface area contributed by atoms with Crippen LogP contribution in [0, 0.1) is 5.41 Å². The first-order valence-electron chi connectivity index (χ1n) is 7.81. The number of halogens is 1. The van der Waals surface area contributed by atoms with Gasteiger partial charge < -0.3 is 10.5 Å². The molecule has 0 aliphatic carbocycles. The molecular weight excluding hydrogens is 352 g/mol. The maximum absolute atomic E-state index is 11.6. The maximum Gasteiger partial charge on any atom is 0.354 e. The minimum atomic E-state index is -1.13. The van der Waals surface area contributed by atoms with Crippen LogP contribution in [0.3, 0.4) is 0 Å². The Kier molecular flexibility index (Phi) is 5.06. The number of rotatable bonds is 5. The number of nitrogens with two attached hydrogens (primary N) is 1. The van der Waals surface area contributed by atoms with Crippen LogP contribution in [0.25, 0.3) is 11.1 Å². The molecule has 0 saturated carbocycles. The third kappa shape index (κ3) is 3.77. The minimum Gasteiger partial charge on any atom is -0.477 e. The lowest BCUT2D eigenvalue weighted by Crippen LogP contribution is -2.72. The van der Waals surface area contributed by atoms with Crippen molar-refractivity contribution >= 4 is 34.8 Å². The van der Waals surface area contributed by atoms with Crippen molar-refractivity contribution in [1.29, 1.82) is 5.41 Å². The Morgan fingerprint density at radius 1 is 1.19 bits per heavy atom. The molecule has 0 aliphatic rings. The molecule has 0 amide bonds. The summed E-state index contributed by atoms with van der Waals surface area (Å²) in [6.07, 6.45) is 1.56. The predicted octanol–water partition coefficient (Wildman–Crippen LogP) is 3.41. The zero-order valence-corrected chi connectivity index (χ0v) is 14.7. The molecule has 0 saturated heterocycles. The smallest absolute Gasteiger partial charge is 0.354 e. The Morgan fingerprint density at radius 3 is 2.50 bits per heavy atom. The Balaban J connectivity index is 2.23. The van der Waals surface area contributed by atoms with Crippen molar-refractivity contribution in [2.45, 2.75) is 6.92 Å². The summed E-state index contributed by atoms with van der Waals surface area (Å²) in [7, 11) is 0. The van der Waals surface area contributed by atoms with E-state index in [2.05, 4.69) is 9.97 Å². The zero-order chi connectivity index (χ0) is 18.7. The fourth-order valence-electron chi connectivity index (χ4n) is 2.64. The third-order valence-electron chi connectivity index (χ3n) is 3.78. The number of para-hydroxylation sites is 1. The van der Waals surface area contributed by atoms with Gasteiger partial charge >= 0.3 is 5.97 Å². The second-order valence-electron chi connectivity index (χ2n) is 5.67. The number of carbonyl (C=O) groups is 1. The lowest BCUT2D eigenvalue weighted by atomic mass is 9.98. The molecule has 0 fully saturated rings. The van der Waals surface area contributed by atoms with E-state index < -0.39 is 5.97 Å². The number of quaternary nitrogens is 1. The summed E-state index contributed by atoms with van der Waals surface area (Å²) in [5, 5.41) is 19.8. The van der Waals surface area contributed by atoms with Crippen LogP contribution in [-0.2, 0) is 0 Å². The highest BCUT2D eigenvalue weighted by Gasteiger charge is 2.22. The van der Waals surface area contributed by atoms with Gasteiger partial charge in [0.25, 0.3) is 0 Å². The van der Waals surface area contributed by atoms with E-state index in [0.717, 1.165) is 5.69 Å². The molecule has 3 aromatic rings. The van der Waals surface area contributed by atoms with Crippen molar-refractivity contribution in [3.05, 3.63) is 71.1 Å². The molecule has 7 heteroatoms. The molecule has 0 unspecified atom stereocenters. The number of hydrogen-bond donors (Lipinski definition) is 3. The molecule has 1 aromatic carbocycles. The van der Waals surface area contributed by atoms with Gasteiger partial charge in [-0.15, -0.1) is 0 Å². The highest BCUT2D eigenvalue weighted by atomic mass is 35.5. The summed E-state index contributed by atoms with van der Waals surface area (Å²) in [6, 6.07) is 14.3. The molecular formula is C19H16ClN4O2+. The standard InChI is InChI=1S/C19H15ClN4O2/c1-11(21)17-14(12-7-8-16(20)22-10-12)9-15(19(25)26)24-18(17)23-13-5-3-2-4-6-13/h2-10,21H,1H3,(H,23,24)(H,25,26)/p+1. The number of aromatic nitrogens is 2. The Morgan fingerprint density at radius 2 is 1.92 bits per heavy atom. The van der Waals surface area contributed by atoms with Crippen molar-refractivity contribution in [3.63, 3.8) is 0 Å². The average Bonchev–Trinajstić information content (AvgIpc) is 2.62. The van der Waals surface area contributed by atoms with Gasteiger partial charge in [-0.05, 0) is 37.3 Å². The van der Waals surface area contributed by atoms with Crippen LogP contribution in [0.2, 0.25) is 5.15 Å². The van der Waals surface area contributed by atoms with Crippen LogP contribution >= 0.6 is 11.6 Å². The fourth-order valence-corrected chi connectivity index (χ4v) is 2.75. The number of carboxylic acids is 1. The summed E-state index contributed by atoms with van der Waals surface area (Å²) in [5.41, 5.74) is 2.86. The molecule has 26 heavy (non-hydrogen) atoms. The van der Waals surface area contributed by atoms with E-state index in [9.17, 15) is 9.90 Å². The van der Waals surface area contributed by atoms with Gasteiger partial charge in [-0.25, -0.2) is 9.78 Å². The van der Waals surface area contributed by atoms with Gasteiger partial charge in [-0.1, -0.05) is 29.8 Å². The molecule has 4 N–H and O–H groups in total. The lowest BCUT2D eigenvalue weighted by Gasteiger charge is -2.13. The normalized spacial score (nSPS) is 10.5. The molecule has 0 atom stereocenters. The summed E-state index contributed by atoms with van der Waals surface area (Å²) in [4.78, 5) is 19.9. The third-order valence-corrected chi connectivity index (χ3v) is 4.01. The number of benzene rings is 1. The minimum absolute atomic E-state index is 0.0952. The molecule has 0 spiro atoms. The SMILES string of the molecule is CC(=N)c1c(-c2ccc(Cl)nc2)cc(C(=O)O)nc1[NH2+]c1ccccc1. The van der Waals surface area contributed by atoms with Gasteiger partial charge in [0.1, 0.15) is 10.8 Å². The summed E-state index contributed by atoms with van der Waals surface area (Å²) in [5.74, 6) is -0.710. The number of aromatic carboxylic acids is 1. The van der Waals surface area contributed by atoms with E-state index in [0.29, 0.717) is 27.7 Å². The molecule has 0 bridgehead atoms. The highest BCUT2D eigenvalue weighted by molar-refractivity contribution is 6.29. The number of nitrogens with zero attached hydrogens (tertiary/aromatic N) is 2. The number of hydrogen-bond acceptors (Lipinski definition) is 4. The van der Waals surface area contributed by atoms with Crippen LogP contribution in [0.5, 0.6) is 0 Å². The predicted molar refractivity (Wildman–Crippen MR) is 99.6 cm³/mol. The van der Waals surface area contributed by atoms with Crippen molar-refractivity contribution in [3.8, 4) is 11.1 Å². The summed E-state index contributed by atoms with van der Waals surface area (Å²) in [6.45, 7) is 1.65. The first-order valence-corrected chi connectivity index (χ1v) is 8.19. The lowest BCUT2D eigenvalue weighted by molar-refractivity contribution is -0.483. The highest BCUT2D eigenvalue weighted by Crippen LogP contribution is 2.28. The Bertz CT molecular complexity index is 973. The fraction of sp³-hybridized carbons (Fsp3) is 0.0526. The number of pyridine rings is 2. The Hall–Kier alpha value is -3.09. The first kappa shape index (κ1) is 17.7. The van der Waals surface area contributed by atoms with Crippen molar-refractivity contribution < 1.29 is 15.2 Å². The largest absolute Gasteiger partial charge is 0.477 e. The maximum atomic E-state index is 11.6. The second-order valence-corrected chi connectivity index (χ2v) is 6.06. The van der Waals surface area contributed by atoms with Crippen LogP contribution in [0.15, 0.2) is 54.7 Å². The topological polar surface area (TPSA) is 104 Å². The molecule has 0 radical (unpaired) electrons. The monoisotopic (exact) mass is 367 g/mol. The van der Waals surface area contributed by atoms with Gasteiger partial charge in [0.2, 0.25) is 5.82 Å². The molecule has 3 rings (SSSR count). The van der Waals surface area contributed by atoms with Crippen LogP contribution < -0.4 is 5.32 Å². The molecule has 2 aromatic heterocycles. The molecule has 6 nitrogen and oxygen atoms in total. The zero-order valence-electron chi connectivity index (χ0n) is 13.9. The van der Waals surface area contributed by atoms with Crippen molar-refractivity contribution in [2.24, 2.45) is 0 Å². The second kappa shape index (κ2) is 7.43. The van der Waals surface area contributed by atoms with Gasteiger partial charge in [0.15, 0.2) is 5.69 Å². The van der Waals surface area contributed by atoms with Gasteiger partial charge in [-0.2, -0.15) is 4.98 Å². The van der Waals surface area contributed by atoms with Crippen LogP contribution in [-0.4, -0.2) is 26.8 Å². The van der Waals surface area contributed by atoms with Crippen LogP contribution in [0.4, 0.5) is 11.5 Å². The van der Waals surface area contributed by atoms with E-state index in [-0.39, 0.29) is 11.4 Å². The number of carboxylic acid groups (broad SMARTS) is 1. The van der Waals surface area contributed by atoms with Crippen molar-refractivity contribution in [1.82, 2.24) is 9.97 Å². The van der Waals surface area contributed by atoms with E-state index in [1.165, 1.54) is 6.07 Å². The first-order chi connectivity index (χ1) is 12.5. The van der Waals surface area contributed by atoms with Crippen LogP contribution in [0.1, 0.15) is 23.0 Å². The van der Waals surface area contributed by atoms with Gasteiger partial charge in [0.05, 0.1) is 5.56 Å². The Labute approximate surface area is 155 Å². The average molecular weight is 368 g/mol. The van der Waals surface area contributed by atoms with Gasteiger partial charge in [-0.3, -0.25) is 5.32 Å². The van der Waals surface area contributed by atoms with E-state index in [1.54, 1.807) is 30.6 Å². The summed E-state index contributed by atoms with van der Waals surface area (Å²) >= 11 is 5.86. The molecule has 0 aliphatic heterocycles. The van der Waals surface area contributed by atoms with E-state index in [1.807, 2.05) is 30.3 Å². The van der Waals surface area contributed by atoms with E-state index >= 15 is 0 Å². The van der Waals surface area contributed by atoms with E-state index in [4.69, 9.17) is 17.0 Å².